The van der Waals surface area contributed by atoms with Gasteiger partial charge in [0.15, 0.2) is 0 Å². The van der Waals surface area contributed by atoms with Gasteiger partial charge in [-0.25, -0.2) is 4.39 Å². The number of halogens is 1. The van der Waals surface area contributed by atoms with Gasteiger partial charge >= 0.3 is 0 Å². The van der Waals surface area contributed by atoms with E-state index in [4.69, 9.17) is 0 Å². The summed E-state index contributed by atoms with van der Waals surface area (Å²) in [6.45, 7) is 4.21. The number of nitrogens with one attached hydrogen (secondary N) is 3. The van der Waals surface area contributed by atoms with Gasteiger partial charge in [-0.2, -0.15) is 0 Å². The SMILES string of the molecule is CC(NC(=O)CNC(=O)CN1CCNCC1c1cccnc1)c1ccc(F)cc1. The minimum absolute atomic E-state index is 0.0653. The summed E-state index contributed by atoms with van der Waals surface area (Å²) < 4.78 is 13.0. The molecule has 1 aromatic heterocycles. The minimum atomic E-state index is -0.322. The molecule has 1 aromatic carbocycles. The first kappa shape index (κ1) is 20.9. The van der Waals surface area contributed by atoms with Crippen LogP contribution < -0.4 is 16.0 Å². The predicted octanol–water partition coefficient (Wildman–Crippen LogP) is 1.16. The fraction of sp³-hybridized carbons (Fsp3) is 0.381. The second-order valence-electron chi connectivity index (χ2n) is 7.09. The van der Waals surface area contributed by atoms with Gasteiger partial charge in [-0.3, -0.25) is 19.5 Å². The smallest absolute Gasteiger partial charge is 0.239 e. The van der Waals surface area contributed by atoms with Crippen LogP contribution in [0.25, 0.3) is 0 Å². The number of nitrogens with zero attached hydrogens (tertiary/aromatic N) is 2. The monoisotopic (exact) mass is 399 g/mol. The molecule has 2 atom stereocenters. The Morgan fingerprint density at radius 2 is 2.07 bits per heavy atom. The van der Waals surface area contributed by atoms with Crippen molar-refractivity contribution < 1.29 is 14.0 Å². The minimum Gasteiger partial charge on any atom is -0.348 e. The van der Waals surface area contributed by atoms with Gasteiger partial charge in [-0.15, -0.1) is 0 Å². The molecule has 29 heavy (non-hydrogen) atoms. The molecule has 0 bridgehead atoms. The average Bonchev–Trinajstić information content (AvgIpc) is 2.74. The van der Waals surface area contributed by atoms with Crippen molar-refractivity contribution >= 4 is 11.8 Å². The Bertz CT molecular complexity index is 816. The summed E-state index contributed by atoms with van der Waals surface area (Å²) in [7, 11) is 0. The maximum Gasteiger partial charge on any atom is 0.239 e. The molecule has 3 rings (SSSR count). The van der Waals surface area contributed by atoms with E-state index in [1.165, 1.54) is 12.1 Å². The van der Waals surface area contributed by atoms with Crippen molar-refractivity contribution in [1.29, 1.82) is 0 Å². The normalized spacial score (nSPS) is 18.1. The van der Waals surface area contributed by atoms with Gasteiger partial charge in [0, 0.05) is 38.1 Å². The maximum absolute atomic E-state index is 13.0. The fourth-order valence-electron chi connectivity index (χ4n) is 3.38. The first-order valence-corrected chi connectivity index (χ1v) is 9.69. The number of rotatable bonds is 7. The summed E-state index contributed by atoms with van der Waals surface area (Å²) in [5, 5.41) is 8.82. The van der Waals surface area contributed by atoms with Crippen LogP contribution in [-0.4, -0.2) is 54.4 Å². The second-order valence-corrected chi connectivity index (χ2v) is 7.09. The Hall–Kier alpha value is -2.84. The molecule has 0 radical (unpaired) electrons. The Kier molecular flexibility index (Phi) is 7.26. The summed E-state index contributed by atoms with van der Waals surface area (Å²) in [6.07, 6.45) is 3.54. The average molecular weight is 399 g/mol. The van der Waals surface area contributed by atoms with E-state index in [9.17, 15) is 14.0 Å². The first-order chi connectivity index (χ1) is 14.0. The lowest BCUT2D eigenvalue weighted by molar-refractivity contribution is -0.127. The van der Waals surface area contributed by atoms with E-state index in [0.717, 1.165) is 30.8 Å². The number of carbonyl (C=O) groups is 2. The van der Waals surface area contributed by atoms with Crippen LogP contribution in [0.2, 0.25) is 0 Å². The molecule has 1 saturated heterocycles. The summed E-state index contributed by atoms with van der Waals surface area (Å²) in [5.74, 6) is -0.818. The standard InChI is InChI=1S/C21H26FN5O2/c1-15(16-4-6-18(22)7-5-16)26-20(28)13-25-21(29)14-27-10-9-24-12-19(27)17-3-2-8-23-11-17/h2-8,11,15,19,24H,9-10,12-14H2,1H3,(H,25,29)(H,26,28). The van der Waals surface area contributed by atoms with Crippen LogP contribution in [-0.2, 0) is 9.59 Å². The summed E-state index contributed by atoms with van der Waals surface area (Å²) in [6, 6.07) is 9.63. The molecule has 2 amide bonds. The molecule has 1 aliphatic heterocycles. The van der Waals surface area contributed by atoms with Crippen LogP contribution in [0, 0.1) is 5.82 Å². The Balaban J connectivity index is 1.47. The van der Waals surface area contributed by atoms with Crippen LogP contribution in [0.5, 0.6) is 0 Å². The lowest BCUT2D eigenvalue weighted by Gasteiger charge is -2.35. The molecule has 2 unspecified atom stereocenters. The van der Waals surface area contributed by atoms with E-state index in [2.05, 4.69) is 25.8 Å². The van der Waals surface area contributed by atoms with Crippen molar-refractivity contribution in [3.63, 3.8) is 0 Å². The lowest BCUT2D eigenvalue weighted by Crippen LogP contribution is -2.50. The number of benzene rings is 1. The highest BCUT2D eigenvalue weighted by Crippen LogP contribution is 2.20. The van der Waals surface area contributed by atoms with E-state index < -0.39 is 0 Å². The molecule has 0 saturated carbocycles. The number of hydrogen-bond acceptors (Lipinski definition) is 5. The van der Waals surface area contributed by atoms with E-state index in [1.807, 2.05) is 25.3 Å². The van der Waals surface area contributed by atoms with Crippen LogP contribution in [0.1, 0.15) is 30.1 Å². The largest absolute Gasteiger partial charge is 0.348 e. The third-order valence-corrected chi connectivity index (χ3v) is 4.96. The van der Waals surface area contributed by atoms with Crippen molar-refractivity contribution in [3.05, 3.63) is 65.7 Å². The van der Waals surface area contributed by atoms with Gasteiger partial charge in [-0.05, 0) is 36.2 Å². The molecule has 0 spiro atoms. The highest BCUT2D eigenvalue weighted by Gasteiger charge is 2.25. The molecule has 2 aromatic rings. The summed E-state index contributed by atoms with van der Waals surface area (Å²) in [4.78, 5) is 30.8. The van der Waals surface area contributed by atoms with E-state index in [-0.39, 0.29) is 42.8 Å². The van der Waals surface area contributed by atoms with Crippen LogP contribution in [0.4, 0.5) is 4.39 Å². The van der Waals surface area contributed by atoms with Gasteiger partial charge in [0.1, 0.15) is 5.82 Å². The topological polar surface area (TPSA) is 86.4 Å². The number of aromatic nitrogens is 1. The van der Waals surface area contributed by atoms with Crippen molar-refractivity contribution in [3.8, 4) is 0 Å². The number of piperazine rings is 1. The molecule has 7 nitrogen and oxygen atoms in total. The van der Waals surface area contributed by atoms with Gasteiger partial charge < -0.3 is 16.0 Å². The van der Waals surface area contributed by atoms with Gasteiger partial charge in [0.25, 0.3) is 0 Å². The summed E-state index contributed by atoms with van der Waals surface area (Å²) in [5.41, 5.74) is 1.85. The molecule has 3 N–H and O–H groups in total. The third kappa shape index (κ3) is 6.07. The number of amides is 2. The molecule has 1 fully saturated rings. The zero-order valence-electron chi connectivity index (χ0n) is 16.4. The third-order valence-electron chi connectivity index (χ3n) is 4.96. The van der Waals surface area contributed by atoms with E-state index in [1.54, 1.807) is 18.3 Å². The predicted molar refractivity (Wildman–Crippen MR) is 107 cm³/mol. The zero-order chi connectivity index (χ0) is 20.6. The van der Waals surface area contributed by atoms with Gasteiger partial charge in [0.2, 0.25) is 11.8 Å². The number of hydrogen-bond donors (Lipinski definition) is 3. The second kappa shape index (κ2) is 10.1. The summed E-state index contributed by atoms with van der Waals surface area (Å²) >= 11 is 0. The van der Waals surface area contributed by atoms with E-state index in [0.29, 0.717) is 0 Å². The first-order valence-electron chi connectivity index (χ1n) is 9.69. The lowest BCUT2D eigenvalue weighted by atomic mass is 10.1. The Morgan fingerprint density at radius 1 is 1.28 bits per heavy atom. The van der Waals surface area contributed by atoms with Gasteiger partial charge in [-0.1, -0.05) is 18.2 Å². The highest BCUT2D eigenvalue weighted by molar-refractivity contribution is 5.85. The Morgan fingerprint density at radius 3 is 2.79 bits per heavy atom. The molecule has 0 aliphatic carbocycles. The van der Waals surface area contributed by atoms with Crippen molar-refractivity contribution in [1.82, 2.24) is 25.8 Å². The Labute approximate surface area is 169 Å². The number of pyridine rings is 1. The molecule has 154 valence electrons. The zero-order valence-corrected chi connectivity index (χ0v) is 16.4. The van der Waals surface area contributed by atoms with Crippen LogP contribution in [0.15, 0.2) is 48.8 Å². The van der Waals surface area contributed by atoms with Crippen molar-refractivity contribution in [2.45, 2.75) is 19.0 Å². The highest BCUT2D eigenvalue weighted by atomic mass is 19.1. The molecule has 8 heteroatoms. The van der Waals surface area contributed by atoms with Gasteiger partial charge in [0.05, 0.1) is 19.1 Å². The van der Waals surface area contributed by atoms with Crippen LogP contribution in [0.3, 0.4) is 0 Å². The molecular formula is C21H26FN5O2. The van der Waals surface area contributed by atoms with Crippen molar-refractivity contribution in [2.24, 2.45) is 0 Å². The maximum atomic E-state index is 13.0. The van der Waals surface area contributed by atoms with Crippen molar-refractivity contribution in [2.75, 3.05) is 32.7 Å². The quantitative estimate of drug-likeness (QED) is 0.651. The van der Waals surface area contributed by atoms with Crippen LogP contribution >= 0.6 is 0 Å². The molecular weight excluding hydrogens is 373 g/mol. The van der Waals surface area contributed by atoms with E-state index >= 15 is 0 Å². The molecule has 2 heterocycles. The number of carbonyl (C=O) groups excluding carboxylic acids is 2. The fourth-order valence-corrected chi connectivity index (χ4v) is 3.38. The molecule has 1 aliphatic rings.